The number of rotatable bonds is 3. The summed E-state index contributed by atoms with van der Waals surface area (Å²) in [6.07, 6.45) is 1.41. The molecule has 3 aromatic rings. The van der Waals surface area contributed by atoms with Gasteiger partial charge >= 0.3 is 0 Å². The van der Waals surface area contributed by atoms with Crippen molar-refractivity contribution < 1.29 is 9.90 Å². The number of nitrogens with one attached hydrogen (secondary N) is 1. The van der Waals surface area contributed by atoms with E-state index >= 15 is 0 Å². The number of carbonyl (C=O) groups is 1. The number of phenolic OH excluding ortho intramolecular Hbond substituents is 1. The average molecular weight is 359 g/mol. The first kappa shape index (κ1) is 16.3. The predicted molar refractivity (Wildman–Crippen MR) is 97.1 cm³/mol. The van der Waals surface area contributed by atoms with Crippen LogP contribution in [0.5, 0.6) is 5.75 Å². The number of hydrogen-bond acceptors (Lipinski definition) is 3. The smallest absolute Gasteiger partial charge is 0.275 e. The number of hydrazone groups is 1. The second-order valence-corrected chi connectivity index (χ2v) is 5.93. The van der Waals surface area contributed by atoms with E-state index in [4.69, 9.17) is 23.2 Å². The molecule has 0 radical (unpaired) electrons. The Balaban J connectivity index is 1.80. The van der Waals surface area contributed by atoms with Crippen LogP contribution in [0.1, 0.15) is 15.9 Å². The summed E-state index contributed by atoms with van der Waals surface area (Å²) in [4.78, 5) is 12.2. The summed E-state index contributed by atoms with van der Waals surface area (Å²) in [6.45, 7) is 0. The maximum atomic E-state index is 12.2. The Hall–Kier alpha value is -2.56. The molecule has 4 nitrogen and oxygen atoms in total. The van der Waals surface area contributed by atoms with Crippen LogP contribution in [0, 0.1) is 0 Å². The molecule has 0 aliphatic heterocycles. The third kappa shape index (κ3) is 3.50. The zero-order chi connectivity index (χ0) is 17.1. The molecule has 0 fully saturated rings. The van der Waals surface area contributed by atoms with Crippen molar-refractivity contribution in [2.24, 2.45) is 5.10 Å². The van der Waals surface area contributed by atoms with Crippen LogP contribution >= 0.6 is 23.2 Å². The van der Waals surface area contributed by atoms with Gasteiger partial charge in [-0.05, 0) is 35.0 Å². The Bertz CT molecular complexity index is 955. The van der Waals surface area contributed by atoms with Gasteiger partial charge in [-0.15, -0.1) is 0 Å². The first-order valence-corrected chi connectivity index (χ1v) is 7.80. The van der Waals surface area contributed by atoms with Gasteiger partial charge in [0.25, 0.3) is 5.91 Å². The molecule has 24 heavy (non-hydrogen) atoms. The van der Waals surface area contributed by atoms with E-state index in [0.717, 1.165) is 10.8 Å². The van der Waals surface area contributed by atoms with E-state index < -0.39 is 5.91 Å². The number of phenols is 1. The molecule has 0 aliphatic rings. The monoisotopic (exact) mass is 358 g/mol. The van der Waals surface area contributed by atoms with Gasteiger partial charge in [-0.25, -0.2) is 5.43 Å². The first-order chi connectivity index (χ1) is 11.5. The summed E-state index contributed by atoms with van der Waals surface area (Å²) in [5.41, 5.74) is 3.13. The molecule has 0 bridgehead atoms. The third-order valence-corrected chi connectivity index (χ3v) is 4.00. The Labute approximate surface area is 148 Å². The third-order valence-electron chi connectivity index (χ3n) is 3.44. The standard InChI is InChI=1S/C18H12Cl2N2O2/c19-14-6-5-13(16(20)9-14)10-21-22-18(24)15-7-11-3-1-2-4-12(11)8-17(15)23/h1-10,23H,(H,22,24)/b21-10+. The summed E-state index contributed by atoms with van der Waals surface area (Å²) >= 11 is 11.8. The Kier molecular flexibility index (Phi) is 4.69. The fourth-order valence-electron chi connectivity index (χ4n) is 2.24. The first-order valence-electron chi connectivity index (χ1n) is 7.05. The van der Waals surface area contributed by atoms with Gasteiger partial charge in [0, 0.05) is 10.6 Å². The van der Waals surface area contributed by atoms with E-state index in [0.29, 0.717) is 15.6 Å². The van der Waals surface area contributed by atoms with Gasteiger partial charge in [0.15, 0.2) is 0 Å². The van der Waals surface area contributed by atoms with Gasteiger partial charge in [0.1, 0.15) is 5.75 Å². The maximum Gasteiger partial charge on any atom is 0.275 e. The summed E-state index contributed by atoms with van der Waals surface area (Å²) < 4.78 is 0. The van der Waals surface area contributed by atoms with Crippen LogP contribution in [0.4, 0.5) is 0 Å². The predicted octanol–water partition coefficient (Wildman–Crippen LogP) is 4.62. The summed E-state index contributed by atoms with van der Waals surface area (Å²) in [6, 6.07) is 15.6. The number of hydrogen-bond donors (Lipinski definition) is 2. The second kappa shape index (κ2) is 6.91. The van der Waals surface area contributed by atoms with Gasteiger partial charge in [-0.3, -0.25) is 4.79 Å². The number of fused-ring (bicyclic) bond motifs is 1. The van der Waals surface area contributed by atoms with Crippen molar-refractivity contribution >= 4 is 46.1 Å². The molecule has 0 saturated heterocycles. The lowest BCUT2D eigenvalue weighted by Gasteiger charge is -2.06. The highest BCUT2D eigenvalue weighted by molar-refractivity contribution is 6.36. The van der Waals surface area contributed by atoms with E-state index in [2.05, 4.69) is 10.5 Å². The Morgan fingerprint density at radius 3 is 2.46 bits per heavy atom. The molecule has 0 aromatic heterocycles. The van der Waals surface area contributed by atoms with Crippen molar-refractivity contribution in [2.45, 2.75) is 0 Å². The van der Waals surface area contributed by atoms with Crippen LogP contribution in [0.3, 0.4) is 0 Å². The zero-order valence-electron chi connectivity index (χ0n) is 12.3. The van der Waals surface area contributed by atoms with Crippen molar-refractivity contribution in [2.75, 3.05) is 0 Å². The van der Waals surface area contributed by atoms with Gasteiger partial charge in [-0.2, -0.15) is 5.10 Å². The Morgan fingerprint density at radius 1 is 1.04 bits per heavy atom. The van der Waals surface area contributed by atoms with Gasteiger partial charge < -0.3 is 5.11 Å². The number of amides is 1. The number of aromatic hydroxyl groups is 1. The quantitative estimate of drug-likeness (QED) is 0.530. The van der Waals surface area contributed by atoms with Crippen LogP contribution in [-0.4, -0.2) is 17.2 Å². The minimum atomic E-state index is -0.514. The van der Waals surface area contributed by atoms with E-state index in [1.807, 2.05) is 24.3 Å². The van der Waals surface area contributed by atoms with Crippen molar-refractivity contribution in [3.8, 4) is 5.75 Å². The number of halogens is 2. The molecule has 1 amide bonds. The van der Waals surface area contributed by atoms with Crippen LogP contribution in [-0.2, 0) is 0 Å². The number of nitrogens with zero attached hydrogens (tertiary/aromatic N) is 1. The molecule has 6 heteroatoms. The van der Waals surface area contributed by atoms with E-state index in [9.17, 15) is 9.90 Å². The highest BCUT2D eigenvalue weighted by Crippen LogP contribution is 2.25. The molecule has 2 N–H and O–H groups in total. The molecule has 0 atom stereocenters. The fraction of sp³-hybridized carbons (Fsp3) is 0. The second-order valence-electron chi connectivity index (χ2n) is 5.08. The number of carbonyl (C=O) groups excluding carboxylic acids is 1. The van der Waals surface area contributed by atoms with E-state index in [-0.39, 0.29) is 11.3 Å². The SMILES string of the molecule is O=C(N/N=C/c1ccc(Cl)cc1Cl)c1cc2ccccc2cc1O. The minimum absolute atomic E-state index is 0.106. The molecule has 3 rings (SSSR count). The van der Waals surface area contributed by atoms with Gasteiger partial charge in [-0.1, -0.05) is 53.5 Å². The normalized spacial score (nSPS) is 11.1. The molecular weight excluding hydrogens is 347 g/mol. The molecular formula is C18H12Cl2N2O2. The lowest BCUT2D eigenvalue weighted by Crippen LogP contribution is -2.17. The summed E-state index contributed by atoms with van der Waals surface area (Å²) in [7, 11) is 0. The maximum absolute atomic E-state index is 12.2. The summed E-state index contributed by atoms with van der Waals surface area (Å²) in [5.74, 6) is -0.620. The molecule has 0 spiro atoms. The molecule has 120 valence electrons. The van der Waals surface area contributed by atoms with Gasteiger partial charge in [0.05, 0.1) is 16.8 Å². The van der Waals surface area contributed by atoms with Crippen molar-refractivity contribution in [1.29, 1.82) is 0 Å². The topological polar surface area (TPSA) is 61.7 Å². The Morgan fingerprint density at radius 2 is 1.75 bits per heavy atom. The van der Waals surface area contributed by atoms with Crippen molar-refractivity contribution in [1.82, 2.24) is 5.43 Å². The molecule has 0 aliphatic carbocycles. The average Bonchev–Trinajstić information content (AvgIpc) is 2.56. The highest BCUT2D eigenvalue weighted by atomic mass is 35.5. The highest BCUT2D eigenvalue weighted by Gasteiger charge is 2.11. The lowest BCUT2D eigenvalue weighted by molar-refractivity contribution is 0.0952. The largest absolute Gasteiger partial charge is 0.507 e. The van der Waals surface area contributed by atoms with Crippen molar-refractivity contribution in [3.05, 3.63) is 75.8 Å². The van der Waals surface area contributed by atoms with Gasteiger partial charge in [0.2, 0.25) is 0 Å². The van der Waals surface area contributed by atoms with E-state index in [1.54, 1.807) is 30.3 Å². The molecule has 3 aromatic carbocycles. The number of benzene rings is 3. The van der Waals surface area contributed by atoms with Crippen molar-refractivity contribution in [3.63, 3.8) is 0 Å². The zero-order valence-corrected chi connectivity index (χ0v) is 13.8. The van der Waals surface area contributed by atoms with E-state index in [1.165, 1.54) is 6.21 Å². The molecule has 0 unspecified atom stereocenters. The fourth-order valence-corrected chi connectivity index (χ4v) is 2.69. The lowest BCUT2D eigenvalue weighted by atomic mass is 10.1. The van der Waals surface area contributed by atoms with Crippen LogP contribution in [0.2, 0.25) is 10.0 Å². The molecule has 0 heterocycles. The van der Waals surface area contributed by atoms with Crippen LogP contribution < -0.4 is 5.43 Å². The summed E-state index contributed by atoms with van der Waals surface area (Å²) in [5, 5.41) is 16.5. The van der Waals surface area contributed by atoms with Crippen LogP contribution in [0.15, 0.2) is 59.7 Å². The minimum Gasteiger partial charge on any atom is -0.507 e. The molecule has 0 saturated carbocycles. The van der Waals surface area contributed by atoms with Crippen LogP contribution in [0.25, 0.3) is 10.8 Å².